The molecule has 1 atom stereocenters. The molecule has 1 aromatic carbocycles. The number of nitrogens with one attached hydrogen (secondary N) is 1. The molecule has 1 heterocycles. The predicted molar refractivity (Wildman–Crippen MR) is 86.6 cm³/mol. The second-order valence-corrected chi connectivity index (χ2v) is 5.70. The molecule has 0 aliphatic rings. The third kappa shape index (κ3) is 4.72. The van der Waals surface area contributed by atoms with E-state index in [-0.39, 0.29) is 30.4 Å². The van der Waals surface area contributed by atoms with E-state index in [1.807, 2.05) is 6.07 Å². The molecule has 2 rings (SSSR count). The van der Waals surface area contributed by atoms with E-state index in [1.165, 1.54) is 5.56 Å². The van der Waals surface area contributed by atoms with Crippen LogP contribution in [0.5, 0.6) is 0 Å². The molecule has 0 fully saturated rings. The van der Waals surface area contributed by atoms with Crippen molar-refractivity contribution >= 4 is 18.4 Å². The molecule has 0 amide bonds. The second kappa shape index (κ2) is 7.43. The lowest BCUT2D eigenvalue weighted by Crippen LogP contribution is -2.27. The maximum Gasteiger partial charge on any atom is 0.315 e. The van der Waals surface area contributed by atoms with Gasteiger partial charge in [0, 0.05) is 6.04 Å². The van der Waals surface area contributed by atoms with Crippen molar-refractivity contribution in [1.29, 1.82) is 0 Å². The van der Waals surface area contributed by atoms with Crippen LogP contribution in [0.25, 0.3) is 0 Å². The number of rotatable bonds is 6. The number of nitrogens with zero attached hydrogens (tertiary/aromatic N) is 2. The average Bonchev–Trinajstić information content (AvgIpc) is 2.86. The highest BCUT2D eigenvalue weighted by atomic mass is 35.5. The van der Waals surface area contributed by atoms with Gasteiger partial charge in [-0.15, -0.1) is 17.5 Å². The van der Waals surface area contributed by atoms with Gasteiger partial charge in [-0.05, 0) is 24.3 Å². The minimum absolute atomic E-state index is 0. The lowest BCUT2D eigenvalue weighted by molar-refractivity contribution is 0.438. The minimum atomic E-state index is 0. The maximum absolute atomic E-state index is 5.45. The zero-order valence-corrected chi connectivity index (χ0v) is 13.5. The molecular formula is C15H23ClN4O. The second-order valence-electron chi connectivity index (χ2n) is 5.70. The fraction of sp³-hybridized carbons (Fsp3) is 0.467. The zero-order chi connectivity index (χ0) is 14.6. The lowest BCUT2D eigenvalue weighted by atomic mass is 9.79. The Morgan fingerprint density at radius 2 is 1.90 bits per heavy atom. The molecule has 21 heavy (non-hydrogen) atoms. The Bertz CT molecular complexity index is 542. The van der Waals surface area contributed by atoms with E-state index in [2.05, 4.69) is 60.6 Å². The van der Waals surface area contributed by atoms with Crippen molar-refractivity contribution in [2.75, 3.05) is 5.32 Å². The van der Waals surface area contributed by atoms with E-state index >= 15 is 0 Å². The smallest absolute Gasteiger partial charge is 0.315 e. The number of anilines is 1. The van der Waals surface area contributed by atoms with Gasteiger partial charge in [-0.25, -0.2) is 0 Å². The first-order valence-electron chi connectivity index (χ1n) is 6.86. The van der Waals surface area contributed by atoms with E-state index in [9.17, 15) is 0 Å². The van der Waals surface area contributed by atoms with E-state index in [4.69, 9.17) is 10.2 Å². The highest BCUT2D eigenvalue weighted by molar-refractivity contribution is 5.85. The number of nitrogens with two attached hydrogens (primary N) is 1. The van der Waals surface area contributed by atoms with Crippen LogP contribution in [0.15, 0.2) is 34.7 Å². The molecule has 0 aliphatic heterocycles. The Morgan fingerprint density at radius 3 is 2.48 bits per heavy atom. The van der Waals surface area contributed by atoms with Gasteiger partial charge in [0.25, 0.3) is 0 Å². The van der Waals surface area contributed by atoms with Gasteiger partial charge in [-0.1, -0.05) is 49.3 Å². The summed E-state index contributed by atoms with van der Waals surface area (Å²) in [5.74, 6) is 0.446. The van der Waals surface area contributed by atoms with Gasteiger partial charge in [0.15, 0.2) is 0 Å². The quantitative estimate of drug-likeness (QED) is 0.857. The topological polar surface area (TPSA) is 77.0 Å². The zero-order valence-electron chi connectivity index (χ0n) is 12.7. The Morgan fingerprint density at radius 1 is 1.24 bits per heavy atom. The van der Waals surface area contributed by atoms with Gasteiger partial charge in [0.2, 0.25) is 5.89 Å². The van der Waals surface area contributed by atoms with Gasteiger partial charge in [0.1, 0.15) is 0 Å². The van der Waals surface area contributed by atoms with Crippen molar-refractivity contribution in [2.24, 2.45) is 5.73 Å². The van der Waals surface area contributed by atoms with Crippen LogP contribution in [0.3, 0.4) is 0 Å². The van der Waals surface area contributed by atoms with Gasteiger partial charge in [-0.2, -0.15) is 0 Å². The fourth-order valence-electron chi connectivity index (χ4n) is 2.43. The molecule has 0 spiro atoms. The van der Waals surface area contributed by atoms with Crippen LogP contribution in [0.4, 0.5) is 6.01 Å². The molecule has 0 aliphatic carbocycles. The number of hydrogen-bond donors (Lipinski definition) is 2. The summed E-state index contributed by atoms with van der Waals surface area (Å²) in [6.07, 6.45) is 0.956. The highest BCUT2D eigenvalue weighted by Gasteiger charge is 2.23. The predicted octanol–water partition coefficient (Wildman–Crippen LogP) is 3.12. The minimum Gasteiger partial charge on any atom is -0.407 e. The van der Waals surface area contributed by atoms with E-state index < -0.39 is 0 Å². The van der Waals surface area contributed by atoms with Gasteiger partial charge in [0.05, 0.1) is 6.54 Å². The fourth-order valence-corrected chi connectivity index (χ4v) is 2.43. The molecule has 0 saturated carbocycles. The summed E-state index contributed by atoms with van der Waals surface area (Å²) in [5, 5.41) is 11.0. The summed E-state index contributed by atoms with van der Waals surface area (Å²) in [5.41, 5.74) is 6.84. The molecule has 1 aromatic heterocycles. The SMILES string of the molecule is CC(CC(C)(C)c1ccccc1)Nc1nnc(CN)o1.Cl. The van der Waals surface area contributed by atoms with Crippen LogP contribution in [0, 0.1) is 0 Å². The van der Waals surface area contributed by atoms with Gasteiger partial charge < -0.3 is 15.5 Å². The van der Waals surface area contributed by atoms with Crippen molar-refractivity contribution in [2.45, 2.75) is 45.2 Å². The molecule has 0 bridgehead atoms. The maximum atomic E-state index is 5.45. The van der Waals surface area contributed by atoms with Crippen molar-refractivity contribution in [1.82, 2.24) is 10.2 Å². The van der Waals surface area contributed by atoms with Crippen molar-refractivity contribution in [3.05, 3.63) is 41.8 Å². The normalized spacial score (nSPS) is 12.6. The summed E-state index contributed by atoms with van der Waals surface area (Å²) in [6.45, 7) is 6.84. The van der Waals surface area contributed by atoms with E-state index in [0.717, 1.165) is 6.42 Å². The molecule has 6 heteroatoms. The van der Waals surface area contributed by atoms with Crippen LogP contribution in [0.1, 0.15) is 38.6 Å². The average molecular weight is 311 g/mol. The molecule has 1 unspecified atom stereocenters. The molecular weight excluding hydrogens is 288 g/mol. The summed E-state index contributed by atoms with van der Waals surface area (Å²) in [6, 6.07) is 11.1. The molecule has 116 valence electrons. The standard InChI is InChI=1S/C15H22N4O.ClH/c1-11(17-14-19-18-13(10-16)20-14)9-15(2,3)12-7-5-4-6-8-12;/h4-8,11H,9-10,16H2,1-3H3,(H,17,19);1H. The number of benzene rings is 1. The molecule has 2 aromatic rings. The van der Waals surface area contributed by atoms with E-state index in [0.29, 0.717) is 11.9 Å². The first-order valence-corrected chi connectivity index (χ1v) is 6.86. The summed E-state index contributed by atoms with van der Waals surface area (Å²) in [4.78, 5) is 0. The third-order valence-corrected chi connectivity index (χ3v) is 3.38. The van der Waals surface area contributed by atoms with E-state index in [1.54, 1.807) is 0 Å². The van der Waals surface area contributed by atoms with Crippen LogP contribution >= 0.6 is 12.4 Å². The van der Waals surface area contributed by atoms with Crippen molar-refractivity contribution < 1.29 is 4.42 Å². The number of hydrogen-bond acceptors (Lipinski definition) is 5. The van der Waals surface area contributed by atoms with Crippen molar-refractivity contribution in [3.63, 3.8) is 0 Å². The summed E-state index contributed by atoms with van der Waals surface area (Å²) < 4.78 is 5.37. The van der Waals surface area contributed by atoms with Crippen LogP contribution in [-0.4, -0.2) is 16.2 Å². The monoisotopic (exact) mass is 310 g/mol. The summed E-state index contributed by atoms with van der Waals surface area (Å²) >= 11 is 0. The van der Waals surface area contributed by atoms with Gasteiger partial charge >= 0.3 is 6.01 Å². The Balaban J connectivity index is 0.00000220. The first kappa shape index (κ1) is 17.5. The Labute approximate surface area is 131 Å². The number of halogens is 1. The largest absolute Gasteiger partial charge is 0.407 e. The lowest BCUT2D eigenvalue weighted by Gasteiger charge is -2.28. The summed E-state index contributed by atoms with van der Waals surface area (Å²) in [7, 11) is 0. The molecule has 0 radical (unpaired) electrons. The Kier molecular flexibility index (Phi) is 6.18. The molecule has 0 saturated heterocycles. The first-order chi connectivity index (χ1) is 9.51. The van der Waals surface area contributed by atoms with Crippen LogP contribution in [-0.2, 0) is 12.0 Å². The van der Waals surface area contributed by atoms with Crippen LogP contribution in [0.2, 0.25) is 0 Å². The van der Waals surface area contributed by atoms with Crippen LogP contribution < -0.4 is 11.1 Å². The van der Waals surface area contributed by atoms with Gasteiger partial charge in [-0.3, -0.25) is 0 Å². The number of aromatic nitrogens is 2. The van der Waals surface area contributed by atoms with Crippen molar-refractivity contribution in [3.8, 4) is 0 Å². The molecule has 5 nitrogen and oxygen atoms in total. The Hall–Kier alpha value is -1.59. The highest BCUT2D eigenvalue weighted by Crippen LogP contribution is 2.28. The molecule has 3 N–H and O–H groups in total. The third-order valence-electron chi connectivity index (χ3n) is 3.38.